The van der Waals surface area contributed by atoms with Gasteiger partial charge >= 0.3 is 6.03 Å². The number of benzene rings is 1. The summed E-state index contributed by atoms with van der Waals surface area (Å²) in [4.78, 5) is 25.5. The van der Waals surface area contributed by atoms with Gasteiger partial charge < -0.3 is 15.5 Å². The van der Waals surface area contributed by atoms with Crippen molar-refractivity contribution in [3.63, 3.8) is 0 Å². The topological polar surface area (TPSA) is 61.4 Å². The van der Waals surface area contributed by atoms with Gasteiger partial charge in [0, 0.05) is 31.7 Å². The first-order valence-corrected chi connectivity index (χ1v) is 8.59. The van der Waals surface area contributed by atoms with E-state index in [0.717, 1.165) is 55.6 Å². The van der Waals surface area contributed by atoms with E-state index in [1.807, 2.05) is 23.1 Å². The van der Waals surface area contributed by atoms with Crippen LogP contribution in [0.5, 0.6) is 0 Å². The summed E-state index contributed by atoms with van der Waals surface area (Å²) < 4.78 is 0. The zero-order valence-corrected chi connectivity index (χ0v) is 14.2. The number of amides is 3. The molecule has 126 valence electrons. The number of carbonyl (C=O) groups excluding carboxylic acids is 2. The molecule has 1 saturated heterocycles. The van der Waals surface area contributed by atoms with Crippen LogP contribution in [-0.4, -0.2) is 36.5 Å². The van der Waals surface area contributed by atoms with Gasteiger partial charge in [0.25, 0.3) is 0 Å². The van der Waals surface area contributed by atoms with Gasteiger partial charge in [-0.2, -0.15) is 0 Å². The zero-order chi connectivity index (χ0) is 16.7. The number of nitrogens with zero attached hydrogens (tertiary/aromatic N) is 1. The van der Waals surface area contributed by atoms with Gasteiger partial charge in [-0.3, -0.25) is 4.79 Å². The molecule has 3 amide bonds. The normalized spacial score (nSPS) is 14.2. The second kappa shape index (κ2) is 8.56. The highest BCUT2D eigenvalue weighted by molar-refractivity contribution is 5.91. The number of likely N-dealkylation sites (tertiary alicyclic amines) is 1. The fraction of sp³-hybridized carbons (Fsp3) is 0.556. The van der Waals surface area contributed by atoms with E-state index in [2.05, 4.69) is 24.5 Å². The Hall–Kier alpha value is -2.04. The first-order valence-electron chi connectivity index (χ1n) is 8.59. The lowest BCUT2D eigenvalue weighted by atomic mass is 10.0. The maximum absolute atomic E-state index is 12.1. The zero-order valence-electron chi connectivity index (χ0n) is 14.2. The Morgan fingerprint density at radius 2 is 1.91 bits per heavy atom. The molecule has 2 rings (SSSR count). The Morgan fingerprint density at radius 1 is 1.22 bits per heavy atom. The molecule has 0 radical (unpaired) electrons. The molecular formula is C18H27N3O2. The Labute approximate surface area is 138 Å². The van der Waals surface area contributed by atoms with Gasteiger partial charge in [0.2, 0.25) is 5.91 Å². The molecule has 5 nitrogen and oxygen atoms in total. The molecule has 0 aromatic heterocycles. The van der Waals surface area contributed by atoms with Gasteiger partial charge in [0.1, 0.15) is 0 Å². The van der Waals surface area contributed by atoms with Crippen molar-refractivity contribution in [2.24, 2.45) is 0 Å². The van der Waals surface area contributed by atoms with Gasteiger partial charge in [0.05, 0.1) is 0 Å². The maximum atomic E-state index is 12.1. The van der Waals surface area contributed by atoms with Crippen molar-refractivity contribution in [2.75, 3.05) is 25.0 Å². The molecule has 1 aliphatic heterocycles. The van der Waals surface area contributed by atoms with Gasteiger partial charge in [-0.25, -0.2) is 4.79 Å². The molecule has 1 aromatic rings. The lowest BCUT2D eigenvalue weighted by Gasteiger charge is -2.17. The van der Waals surface area contributed by atoms with Crippen molar-refractivity contribution in [3.8, 4) is 0 Å². The molecule has 5 heteroatoms. The van der Waals surface area contributed by atoms with Crippen LogP contribution in [0.3, 0.4) is 0 Å². The predicted molar refractivity (Wildman–Crippen MR) is 92.7 cm³/mol. The van der Waals surface area contributed by atoms with Crippen molar-refractivity contribution in [1.29, 1.82) is 0 Å². The van der Waals surface area contributed by atoms with E-state index in [-0.39, 0.29) is 11.9 Å². The average Bonchev–Trinajstić information content (AvgIpc) is 2.97. The minimum absolute atomic E-state index is 0.173. The largest absolute Gasteiger partial charge is 0.343 e. The third-order valence-corrected chi connectivity index (χ3v) is 4.30. The molecule has 1 aromatic carbocycles. The molecule has 0 unspecified atom stereocenters. The summed E-state index contributed by atoms with van der Waals surface area (Å²) in [7, 11) is 0. The van der Waals surface area contributed by atoms with E-state index < -0.39 is 0 Å². The lowest BCUT2D eigenvalue weighted by molar-refractivity contribution is -0.127. The van der Waals surface area contributed by atoms with Gasteiger partial charge in [-0.15, -0.1) is 0 Å². The second-order valence-electron chi connectivity index (χ2n) is 5.88. The van der Waals surface area contributed by atoms with E-state index in [0.29, 0.717) is 13.0 Å². The first-order chi connectivity index (χ1) is 11.2. The van der Waals surface area contributed by atoms with Crippen LogP contribution in [-0.2, 0) is 17.6 Å². The highest BCUT2D eigenvalue weighted by atomic mass is 16.2. The SMILES string of the molecule is CCc1cccc(CC)c1NC(=O)NCCCN1CCCC1=O. The van der Waals surface area contributed by atoms with E-state index in [4.69, 9.17) is 0 Å². The van der Waals surface area contributed by atoms with E-state index in [1.165, 1.54) is 0 Å². The fourth-order valence-electron chi connectivity index (χ4n) is 2.97. The Balaban J connectivity index is 1.79. The van der Waals surface area contributed by atoms with E-state index >= 15 is 0 Å². The summed E-state index contributed by atoms with van der Waals surface area (Å²) in [6.07, 6.45) is 4.19. The third kappa shape index (κ3) is 4.71. The Bertz CT molecular complexity index is 535. The highest BCUT2D eigenvalue weighted by Gasteiger charge is 2.19. The summed E-state index contributed by atoms with van der Waals surface area (Å²) in [5.41, 5.74) is 3.24. The molecule has 2 N–H and O–H groups in total. The van der Waals surface area contributed by atoms with Crippen LogP contribution in [0.1, 0.15) is 44.2 Å². The summed E-state index contributed by atoms with van der Waals surface area (Å²) in [5.74, 6) is 0.235. The van der Waals surface area contributed by atoms with Crippen LogP contribution in [0.2, 0.25) is 0 Å². The average molecular weight is 317 g/mol. The number of anilines is 1. The molecular weight excluding hydrogens is 290 g/mol. The number of rotatable bonds is 7. The number of para-hydroxylation sites is 1. The molecule has 0 spiro atoms. The Morgan fingerprint density at radius 3 is 2.48 bits per heavy atom. The number of hydrogen-bond acceptors (Lipinski definition) is 2. The third-order valence-electron chi connectivity index (χ3n) is 4.30. The monoisotopic (exact) mass is 317 g/mol. The van der Waals surface area contributed by atoms with E-state index in [9.17, 15) is 9.59 Å². The van der Waals surface area contributed by atoms with Crippen molar-refractivity contribution in [3.05, 3.63) is 29.3 Å². The maximum Gasteiger partial charge on any atom is 0.319 e. The fourth-order valence-corrected chi connectivity index (χ4v) is 2.97. The molecule has 23 heavy (non-hydrogen) atoms. The molecule has 1 aliphatic rings. The summed E-state index contributed by atoms with van der Waals surface area (Å²) >= 11 is 0. The van der Waals surface area contributed by atoms with Crippen LogP contribution in [0.25, 0.3) is 0 Å². The molecule has 0 bridgehead atoms. The van der Waals surface area contributed by atoms with Gasteiger partial charge in [-0.05, 0) is 36.8 Å². The molecule has 0 aliphatic carbocycles. The van der Waals surface area contributed by atoms with Gasteiger partial charge in [-0.1, -0.05) is 32.0 Å². The van der Waals surface area contributed by atoms with Crippen LogP contribution >= 0.6 is 0 Å². The van der Waals surface area contributed by atoms with Crippen LogP contribution in [0.15, 0.2) is 18.2 Å². The molecule has 1 heterocycles. The van der Waals surface area contributed by atoms with Gasteiger partial charge in [0.15, 0.2) is 0 Å². The number of urea groups is 1. The molecule has 0 atom stereocenters. The first kappa shape index (κ1) is 17.3. The highest BCUT2D eigenvalue weighted by Crippen LogP contribution is 2.22. The number of aryl methyl sites for hydroxylation is 2. The minimum atomic E-state index is -0.173. The number of carbonyl (C=O) groups is 2. The Kier molecular flexibility index (Phi) is 6.44. The number of nitrogens with one attached hydrogen (secondary N) is 2. The van der Waals surface area contributed by atoms with Crippen molar-refractivity contribution in [2.45, 2.75) is 46.0 Å². The quantitative estimate of drug-likeness (QED) is 0.760. The van der Waals surface area contributed by atoms with Crippen molar-refractivity contribution >= 4 is 17.6 Å². The summed E-state index contributed by atoms with van der Waals surface area (Å²) in [6.45, 7) is 6.33. The molecule has 1 fully saturated rings. The minimum Gasteiger partial charge on any atom is -0.343 e. The van der Waals surface area contributed by atoms with Crippen LogP contribution in [0, 0.1) is 0 Å². The van der Waals surface area contributed by atoms with Crippen LogP contribution in [0.4, 0.5) is 10.5 Å². The van der Waals surface area contributed by atoms with E-state index in [1.54, 1.807) is 0 Å². The summed E-state index contributed by atoms with van der Waals surface area (Å²) in [5, 5.41) is 5.87. The number of hydrogen-bond donors (Lipinski definition) is 2. The summed E-state index contributed by atoms with van der Waals surface area (Å²) in [6, 6.07) is 5.96. The second-order valence-corrected chi connectivity index (χ2v) is 5.88. The molecule has 0 saturated carbocycles. The standard InChI is InChI=1S/C18H27N3O2/c1-3-14-8-5-9-15(4-2)17(14)20-18(23)19-11-7-13-21-12-6-10-16(21)22/h5,8-9H,3-4,6-7,10-13H2,1-2H3,(H2,19,20,23). The smallest absolute Gasteiger partial charge is 0.319 e. The van der Waals surface area contributed by atoms with Crippen LogP contribution < -0.4 is 10.6 Å². The van der Waals surface area contributed by atoms with Crippen molar-refractivity contribution < 1.29 is 9.59 Å². The predicted octanol–water partition coefficient (Wildman–Crippen LogP) is 2.95. The lowest BCUT2D eigenvalue weighted by Crippen LogP contribution is -2.33. The van der Waals surface area contributed by atoms with Crippen molar-refractivity contribution in [1.82, 2.24) is 10.2 Å².